The molecule has 84 valence electrons. The van der Waals surface area contributed by atoms with Crippen LogP contribution < -0.4 is 0 Å². The minimum Gasteiger partial charge on any atom is -0.478 e. The molecule has 0 radical (unpaired) electrons. The summed E-state index contributed by atoms with van der Waals surface area (Å²) in [6.45, 7) is 0. The van der Waals surface area contributed by atoms with Gasteiger partial charge in [0.25, 0.3) is 5.69 Å². The highest BCUT2D eigenvalue weighted by Crippen LogP contribution is 2.19. The predicted octanol–water partition coefficient (Wildman–Crippen LogP) is 2.55. The zero-order valence-electron chi connectivity index (χ0n) is 8.09. The molecule has 1 rings (SSSR count). The van der Waals surface area contributed by atoms with E-state index < -0.39 is 10.9 Å². The number of carbonyl (C=O) groups is 1. The van der Waals surface area contributed by atoms with E-state index in [-0.39, 0.29) is 17.1 Å². The van der Waals surface area contributed by atoms with Crippen molar-refractivity contribution < 1.29 is 14.8 Å². The zero-order chi connectivity index (χ0) is 12.1. The van der Waals surface area contributed by atoms with Gasteiger partial charge in [-0.2, -0.15) is 0 Å². The molecule has 1 N–H and O–H groups in total. The number of nitrogens with zero attached hydrogens (tertiary/aromatic N) is 1. The summed E-state index contributed by atoms with van der Waals surface area (Å²) in [6.07, 6.45) is 3.08. The number of hydrogen-bond acceptors (Lipinski definition) is 3. The molecule has 0 atom stereocenters. The van der Waals surface area contributed by atoms with Gasteiger partial charge < -0.3 is 5.11 Å². The normalized spacial score (nSPS) is 10.6. The van der Waals surface area contributed by atoms with Crippen LogP contribution in [0.2, 0.25) is 0 Å². The quantitative estimate of drug-likeness (QED) is 0.499. The Morgan fingerprint density at radius 2 is 2.25 bits per heavy atom. The van der Waals surface area contributed by atoms with Crippen molar-refractivity contribution in [2.75, 3.05) is 5.88 Å². The molecule has 0 fully saturated rings. The Kier molecular flexibility index (Phi) is 4.02. The van der Waals surface area contributed by atoms with Gasteiger partial charge in [-0.05, 0) is 11.6 Å². The van der Waals surface area contributed by atoms with Gasteiger partial charge in [-0.3, -0.25) is 10.1 Å². The average molecular weight is 242 g/mol. The van der Waals surface area contributed by atoms with E-state index in [2.05, 4.69) is 0 Å². The van der Waals surface area contributed by atoms with Crippen LogP contribution in [-0.4, -0.2) is 21.9 Å². The van der Waals surface area contributed by atoms with Crippen molar-refractivity contribution in [3.63, 3.8) is 0 Å². The Hall–Kier alpha value is -1.88. The van der Waals surface area contributed by atoms with Gasteiger partial charge >= 0.3 is 5.97 Å². The van der Waals surface area contributed by atoms with Crippen LogP contribution in [0.3, 0.4) is 0 Å². The molecule has 0 amide bonds. The molecule has 0 aliphatic rings. The van der Waals surface area contributed by atoms with Crippen molar-refractivity contribution in [2.45, 2.75) is 0 Å². The van der Waals surface area contributed by atoms with E-state index in [1.54, 1.807) is 6.08 Å². The summed E-state index contributed by atoms with van der Waals surface area (Å²) in [6, 6.07) is 3.65. The Balaban J connectivity index is 3.24. The Morgan fingerprint density at radius 3 is 2.75 bits per heavy atom. The number of benzene rings is 1. The van der Waals surface area contributed by atoms with E-state index in [0.29, 0.717) is 5.56 Å². The molecule has 0 spiro atoms. The van der Waals surface area contributed by atoms with Crippen LogP contribution in [0, 0.1) is 10.1 Å². The second kappa shape index (κ2) is 5.27. The molecule has 5 nitrogen and oxygen atoms in total. The molecular formula is C10H8ClNO4. The maximum Gasteiger partial charge on any atom is 0.336 e. The number of halogens is 1. The van der Waals surface area contributed by atoms with Gasteiger partial charge in [-0.25, -0.2) is 4.79 Å². The summed E-state index contributed by atoms with van der Waals surface area (Å²) < 4.78 is 0. The second-order valence-electron chi connectivity index (χ2n) is 2.89. The average Bonchev–Trinajstić information content (AvgIpc) is 2.25. The molecule has 0 aliphatic heterocycles. The highest BCUT2D eigenvalue weighted by atomic mass is 35.5. The van der Waals surface area contributed by atoms with Crippen LogP contribution in [0.4, 0.5) is 5.69 Å². The van der Waals surface area contributed by atoms with Gasteiger partial charge in [0, 0.05) is 18.0 Å². The zero-order valence-corrected chi connectivity index (χ0v) is 8.85. The monoisotopic (exact) mass is 241 g/mol. The predicted molar refractivity (Wildman–Crippen MR) is 59.8 cm³/mol. The van der Waals surface area contributed by atoms with Crippen LogP contribution >= 0.6 is 11.6 Å². The van der Waals surface area contributed by atoms with Gasteiger partial charge in [0.1, 0.15) is 0 Å². The van der Waals surface area contributed by atoms with E-state index in [9.17, 15) is 14.9 Å². The lowest BCUT2D eigenvalue weighted by molar-refractivity contribution is -0.384. The van der Waals surface area contributed by atoms with E-state index in [1.807, 2.05) is 0 Å². The van der Waals surface area contributed by atoms with E-state index in [4.69, 9.17) is 16.7 Å². The lowest BCUT2D eigenvalue weighted by atomic mass is 10.1. The minimum atomic E-state index is -1.21. The number of carboxylic acids is 1. The molecule has 0 saturated heterocycles. The maximum absolute atomic E-state index is 10.9. The van der Waals surface area contributed by atoms with Crippen LogP contribution in [0.15, 0.2) is 24.3 Å². The van der Waals surface area contributed by atoms with E-state index >= 15 is 0 Å². The van der Waals surface area contributed by atoms with Crippen LogP contribution in [0.1, 0.15) is 15.9 Å². The Labute approximate surface area is 96.1 Å². The number of non-ortho nitro benzene ring substituents is 1. The standard InChI is InChI=1S/C10H8ClNO4/c11-5-1-2-7-3-4-8(12(15)16)6-9(7)10(13)14/h1-4,6H,5H2,(H,13,14). The van der Waals surface area contributed by atoms with Gasteiger partial charge in [0.15, 0.2) is 0 Å². The largest absolute Gasteiger partial charge is 0.478 e. The fraction of sp³-hybridized carbons (Fsp3) is 0.100. The van der Waals surface area contributed by atoms with Crippen LogP contribution in [0.25, 0.3) is 6.08 Å². The number of alkyl halides is 1. The van der Waals surface area contributed by atoms with Crippen LogP contribution in [-0.2, 0) is 0 Å². The lowest BCUT2D eigenvalue weighted by Gasteiger charge is -2.00. The third-order valence-corrected chi connectivity index (χ3v) is 2.04. The fourth-order valence-corrected chi connectivity index (χ4v) is 1.25. The number of nitro groups is 1. The number of carboxylic acid groups (broad SMARTS) is 1. The molecule has 16 heavy (non-hydrogen) atoms. The first-order chi connectivity index (χ1) is 7.56. The van der Waals surface area contributed by atoms with Crippen molar-refractivity contribution in [2.24, 2.45) is 0 Å². The summed E-state index contributed by atoms with van der Waals surface area (Å²) in [5, 5.41) is 19.4. The molecule has 0 unspecified atom stereocenters. The number of aromatic carboxylic acids is 1. The lowest BCUT2D eigenvalue weighted by Crippen LogP contribution is -2.01. The first-order valence-corrected chi connectivity index (χ1v) is 4.84. The number of nitro benzene ring substituents is 1. The number of allylic oxidation sites excluding steroid dienone is 1. The third-order valence-electron chi connectivity index (χ3n) is 1.86. The van der Waals surface area contributed by atoms with Gasteiger partial charge in [-0.15, -0.1) is 11.6 Å². The maximum atomic E-state index is 10.9. The molecule has 0 aromatic heterocycles. The summed E-state index contributed by atoms with van der Waals surface area (Å²) >= 11 is 5.42. The topological polar surface area (TPSA) is 80.4 Å². The molecule has 0 bridgehead atoms. The fourth-order valence-electron chi connectivity index (χ4n) is 1.16. The summed E-state index contributed by atoms with van der Waals surface area (Å²) in [7, 11) is 0. The van der Waals surface area contributed by atoms with Crippen molar-refractivity contribution in [3.05, 3.63) is 45.5 Å². The van der Waals surface area contributed by atoms with Crippen molar-refractivity contribution in [1.29, 1.82) is 0 Å². The first kappa shape index (κ1) is 12.2. The number of rotatable bonds is 4. The summed E-state index contributed by atoms with van der Waals surface area (Å²) in [4.78, 5) is 20.7. The van der Waals surface area contributed by atoms with Crippen molar-refractivity contribution in [3.8, 4) is 0 Å². The highest BCUT2D eigenvalue weighted by molar-refractivity contribution is 6.19. The number of hydrogen-bond donors (Lipinski definition) is 1. The summed E-state index contributed by atoms with van der Waals surface area (Å²) in [5.41, 5.74) is 0.0229. The van der Waals surface area contributed by atoms with Crippen molar-refractivity contribution >= 4 is 29.3 Å². The van der Waals surface area contributed by atoms with Crippen molar-refractivity contribution in [1.82, 2.24) is 0 Å². The highest BCUT2D eigenvalue weighted by Gasteiger charge is 2.14. The van der Waals surface area contributed by atoms with Gasteiger partial charge in [0.2, 0.25) is 0 Å². The molecule has 6 heteroatoms. The van der Waals surface area contributed by atoms with E-state index in [0.717, 1.165) is 6.07 Å². The van der Waals surface area contributed by atoms with Gasteiger partial charge in [0.05, 0.1) is 10.5 Å². The Bertz CT molecular complexity index is 456. The summed E-state index contributed by atoms with van der Waals surface area (Å²) in [5.74, 6) is -0.964. The molecular weight excluding hydrogens is 234 g/mol. The molecule has 0 saturated carbocycles. The molecule has 0 aliphatic carbocycles. The van der Waals surface area contributed by atoms with Gasteiger partial charge in [-0.1, -0.05) is 12.2 Å². The smallest absolute Gasteiger partial charge is 0.336 e. The third kappa shape index (κ3) is 2.80. The molecule has 0 heterocycles. The first-order valence-electron chi connectivity index (χ1n) is 4.30. The molecule has 1 aromatic rings. The molecule has 1 aromatic carbocycles. The minimum absolute atomic E-state index is 0.115. The SMILES string of the molecule is O=C(O)c1cc([N+](=O)[O-])ccc1C=CCCl. The van der Waals surface area contributed by atoms with Crippen LogP contribution in [0.5, 0.6) is 0 Å². The van der Waals surface area contributed by atoms with E-state index in [1.165, 1.54) is 18.2 Å². The Morgan fingerprint density at radius 1 is 1.56 bits per heavy atom. The second-order valence-corrected chi connectivity index (χ2v) is 3.20.